The van der Waals surface area contributed by atoms with Gasteiger partial charge in [-0.25, -0.2) is 4.98 Å². The van der Waals surface area contributed by atoms with Gasteiger partial charge in [-0.1, -0.05) is 120 Å². The first-order valence-corrected chi connectivity index (χ1v) is 14.9. The molecule has 0 atom stereocenters. The molecule has 0 radical (unpaired) electrons. The van der Waals surface area contributed by atoms with Crippen LogP contribution in [0.2, 0.25) is 0 Å². The van der Waals surface area contributed by atoms with Crippen LogP contribution >= 0.6 is 0 Å². The predicted molar refractivity (Wildman–Crippen MR) is 157 cm³/mol. The lowest BCUT2D eigenvalue weighted by atomic mass is 10.0. The highest BCUT2D eigenvalue weighted by Crippen LogP contribution is 2.19. The molecule has 0 aliphatic carbocycles. The van der Waals surface area contributed by atoms with Gasteiger partial charge in [0.1, 0.15) is 5.82 Å². The van der Waals surface area contributed by atoms with Crippen LogP contribution in [0.25, 0.3) is 11.0 Å². The number of carbonyl (C=O) groups is 1. The fourth-order valence-corrected chi connectivity index (χ4v) is 5.30. The van der Waals surface area contributed by atoms with Crippen LogP contribution in [-0.4, -0.2) is 15.5 Å². The van der Waals surface area contributed by atoms with Crippen LogP contribution in [0.4, 0.5) is 0 Å². The largest absolute Gasteiger partial charge is 0.345 e. The van der Waals surface area contributed by atoms with Crippen LogP contribution < -0.4 is 5.32 Å². The maximum atomic E-state index is 12.8. The number of nitrogens with one attached hydrogen (secondary N) is 1. The third-order valence-electron chi connectivity index (χ3n) is 7.50. The molecule has 1 N–H and O–H groups in total. The molecule has 202 valence electrons. The zero-order valence-electron chi connectivity index (χ0n) is 23.7. The van der Waals surface area contributed by atoms with E-state index >= 15 is 0 Å². The minimum absolute atomic E-state index is 0.0346. The molecule has 37 heavy (non-hydrogen) atoms. The Balaban J connectivity index is 1.38. The molecule has 4 nitrogen and oxygen atoms in total. The molecule has 0 spiro atoms. The summed E-state index contributed by atoms with van der Waals surface area (Å²) in [6.07, 6.45) is 19.1. The number of benzene rings is 2. The molecule has 0 aliphatic heterocycles. The first kappa shape index (κ1) is 28.9. The Morgan fingerprint density at radius 3 is 2.00 bits per heavy atom. The first-order valence-electron chi connectivity index (χ1n) is 14.9. The maximum Gasteiger partial charge on any atom is 0.251 e. The normalized spacial score (nSPS) is 11.3. The van der Waals surface area contributed by atoms with E-state index in [-0.39, 0.29) is 5.91 Å². The van der Waals surface area contributed by atoms with Crippen LogP contribution in [0, 0.1) is 13.8 Å². The zero-order chi connectivity index (χ0) is 26.3. The van der Waals surface area contributed by atoms with E-state index in [0.717, 1.165) is 41.0 Å². The summed E-state index contributed by atoms with van der Waals surface area (Å²) < 4.78 is 2.30. The number of para-hydroxylation sites is 2. The number of fused-ring (bicyclic) bond motifs is 1. The monoisotopic (exact) mass is 503 g/mol. The Kier molecular flexibility index (Phi) is 12.7. The van der Waals surface area contributed by atoms with Gasteiger partial charge in [0.25, 0.3) is 5.91 Å². The van der Waals surface area contributed by atoms with Crippen LogP contribution in [0.5, 0.6) is 0 Å². The van der Waals surface area contributed by atoms with Crippen molar-refractivity contribution in [2.24, 2.45) is 0 Å². The van der Waals surface area contributed by atoms with E-state index in [9.17, 15) is 4.79 Å². The van der Waals surface area contributed by atoms with Crippen molar-refractivity contribution in [1.29, 1.82) is 0 Å². The van der Waals surface area contributed by atoms with Crippen molar-refractivity contribution in [3.63, 3.8) is 0 Å². The number of rotatable bonds is 18. The molecule has 1 aromatic heterocycles. The summed E-state index contributed by atoms with van der Waals surface area (Å²) in [6, 6.07) is 14.3. The number of nitrogens with zero attached hydrogens (tertiary/aromatic N) is 2. The maximum absolute atomic E-state index is 12.8. The van der Waals surface area contributed by atoms with Crippen molar-refractivity contribution in [1.82, 2.24) is 14.9 Å². The quantitative estimate of drug-likeness (QED) is 0.176. The molecule has 1 amide bonds. The standard InChI is InChI=1S/C33H49N3O/c1-4-5-6-7-8-9-10-11-12-13-14-15-16-19-24-36-31-21-18-17-20-30(31)35-32(36)26-34-33(37)29-23-22-27(2)25-28(29)3/h17-18,20-23,25H,4-16,19,24,26H2,1-3H3,(H,34,37). The van der Waals surface area contributed by atoms with Gasteiger partial charge < -0.3 is 9.88 Å². The third-order valence-corrected chi connectivity index (χ3v) is 7.50. The number of carbonyl (C=O) groups excluding carboxylic acids is 1. The predicted octanol–water partition coefficient (Wildman–Crippen LogP) is 9.06. The smallest absolute Gasteiger partial charge is 0.251 e. The Hall–Kier alpha value is -2.62. The second-order valence-corrected chi connectivity index (χ2v) is 10.8. The van der Waals surface area contributed by atoms with E-state index in [2.05, 4.69) is 41.1 Å². The molecule has 2 aromatic carbocycles. The number of amides is 1. The summed E-state index contributed by atoms with van der Waals surface area (Å²) in [5.74, 6) is 0.904. The van der Waals surface area contributed by atoms with E-state index in [1.54, 1.807) is 0 Å². The molecule has 0 saturated heterocycles. The van der Waals surface area contributed by atoms with Crippen LogP contribution in [0.3, 0.4) is 0 Å². The Bertz CT molecular complexity index is 1080. The summed E-state index contributed by atoms with van der Waals surface area (Å²) in [5, 5.41) is 3.11. The number of aryl methyl sites for hydroxylation is 3. The van der Waals surface area contributed by atoms with Gasteiger partial charge in [-0.15, -0.1) is 0 Å². The fraction of sp³-hybridized carbons (Fsp3) is 0.576. The van der Waals surface area contributed by atoms with Gasteiger partial charge in [-0.3, -0.25) is 4.79 Å². The number of hydrogen-bond acceptors (Lipinski definition) is 2. The number of hydrogen-bond donors (Lipinski definition) is 1. The van der Waals surface area contributed by atoms with Crippen molar-refractivity contribution in [2.75, 3.05) is 0 Å². The van der Waals surface area contributed by atoms with Crippen molar-refractivity contribution in [3.8, 4) is 0 Å². The second-order valence-electron chi connectivity index (χ2n) is 10.8. The highest BCUT2D eigenvalue weighted by Gasteiger charge is 2.13. The number of aromatic nitrogens is 2. The molecule has 1 heterocycles. The lowest BCUT2D eigenvalue weighted by molar-refractivity contribution is 0.0949. The lowest BCUT2D eigenvalue weighted by Gasteiger charge is -2.11. The molecule has 0 aliphatic rings. The van der Waals surface area contributed by atoms with E-state index in [4.69, 9.17) is 4.98 Å². The highest BCUT2D eigenvalue weighted by atomic mass is 16.1. The minimum Gasteiger partial charge on any atom is -0.345 e. The Morgan fingerprint density at radius 2 is 1.38 bits per heavy atom. The average Bonchev–Trinajstić information content (AvgIpc) is 3.25. The average molecular weight is 504 g/mol. The number of unbranched alkanes of at least 4 members (excludes halogenated alkanes) is 13. The Morgan fingerprint density at radius 1 is 0.784 bits per heavy atom. The van der Waals surface area contributed by atoms with Gasteiger partial charge >= 0.3 is 0 Å². The molecule has 0 saturated carbocycles. The van der Waals surface area contributed by atoms with Crippen LogP contribution in [-0.2, 0) is 13.1 Å². The van der Waals surface area contributed by atoms with Crippen molar-refractivity contribution in [2.45, 2.75) is 124 Å². The lowest BCUT2D eigenvalue weighted by Crippen LogP contribution is -2.25. The van der Waals surface area contributed by atoms with Crippen molar-refractivity contribution < 1.29 is 4.79 Å². The first-order chi connectivity index (χ1) is 18.1. The fourth-order valence-electron chi connectivity index (χ4n) is 5.30. The third kappa shape index (κ3) is 9.64. The van der Waals surface area contributed by atoms with E-state index in [0.29, 0.717) is 6.54 Å². The number of imidazole rings is 1. The minimum atomic E-state index is -0.0346. The molecule has 0 unspecified atom stereocenters. The van der Waals surface area contributed by atoms with Gasteiger partial charge in [-0.05, 0) is 44.0 Å². The van der Waals surface area contributed by atoms with E-state index in [1.807, 2.05) is 32.0 Å². The summed E-state index contributed by atoms with van der Waals surface area (Å²) in [5.41, 5.74) is 5.08. The summed E-state index contributed by atoms with van der Waals surface area (Å²) in [7, 11) is 0. The zero-order valence-corrected chi connectivity index (χ0v) is 23.7. The molecule has 3 aromatic rings. The molecular weight excluding hydrogens is 454 g/mol. The van der Waals surface area contributed by atoms with Crippen molar-refractivity contribution in [3.05, 3.63) is 65.0 Å². The molecular formula is C33H49N3O. The van der Waals surface area contributed by atoms with Crippen molar-refractivity contribution >= 4 is 16.9 Å². The second kappa shape index (κ2) is 16.3. The molecule has 4 heteroatoms. The SMILES string of the molecule is CCCCCCCCCCCCCCCCn1c(CNC(=O)c2ccc(C)cc2C)nc2ccccc21. The van der Waals surface area contributed by atoms with Gasteiger partial charge in [0.05, 0.1) is 17.6 Å². The summed E-state index contributed by atoms with van der Waals surface area (Å²) in [4.78, 5) is 17.7. The van der Waals surface area contributed by atoms with Crippen LogP contribution in [0.15, 0.2) is 42.5 Å². The van der Waals surface area contributed by atoms with Gasteiger partial charge in [0.15, 0.2) is 0 Å². The Labute approximate surface area is 225 Å². The van der Waals surface area contributed by atoms with E-state index in [1.165, 1.54) is 89.0 Å². The topological polar surface area (TPSA) is 46.9 Å². The molecule has 3 rings (SSSR count). The van der Waals surface area contributed by atoms with E-state index < -0.39 is 0 Å². The summed E-state index contributed by atoms with van der Waals surface area (Å²) in [6.45, 7) is 7.72. The van der Waals surface area contributed by atoms with Gasteiger partial charge in [0, 0.05) is 12.1 Å². The van der Waals surface area contributed by atoms with Crippen LogP contribution in [0.1, 0.15) is 124 Å². The molecule has 0 fully saturated rings. The van der Waals surface area contributed by atoms with Gasteiger partial charge in [-0.2, -0.15) is 0 Å². The van der Waals surface area contributed by atoms with Gasteiger partial charge in [0.2, 0.25) is 0 Å². The molecule has 0 bridgehead atoms. The highest BCUT2D eigenvalue weighted by molar-refractivity contribution is 5.95. The summed E-state index contributed by atoms with van der Waals surface area (Å²) >= 11 is 0.